The average Bonchev–Trinajstić information content (AvgIpc) is 2.86. The SMILES string of the molecule is CCCC(=O)Cc1nc(C2CCCO2)no1. The van der Waals surface area contributed by atoms with Crippen LogP contribution in [0.2, 0.25) is 0 Å². The minimum absolute atomic E-state index is 0.0428. The predicted octanol–water partition coefficient (Wildman–Crippen LogP) is 1.83. The van der Waals surface area contributed by atoms with E-state index in [0.29, 0.717) is 18.1 Å². The molecule has 1 aliphatic heterocycles. The lowest BCUT2D eigenvalue weighted by molar-refractivity contribution is -0.118. The lowest BCUT2D eigenvalue weighted by Gasteiger charge is -2.00. The molecule has 0 amide bonds. The molecule has 2 heterocycles. The molecule has 1 saturated heterocycles. The van der Waals surface area contributed by atoms with Crippen molar-refractivity contribution in [2.24, 2.45) is 0 Å². The van der Waals surface area contributed by atoms with Gasteiger partial charge in [-0.1, -0.05) is 12.1 Å². The van der Waals surface area contributed by atoms with Gasteiger partial charge in [-0.2, -0.15) is 4.98 Å². The fourth-order valence-electron chi connectivity index (χ4n) is 1.79. The summed E-state index contributed by atoms with van der Waals surface area (Å²) in [7, 11) is 0. The molecule has 5 nitrogen and oxygen atoms in total. The second-order valence-corrected chi connectivity index (χ2v) is 4.01. The van der Waals surface area contributed by atoms with E-state index in [4.69, 9.17) is 9.26 Å². The molecule has 0 N–H and O–H groups in total. The molecule has 1 aliphatic rings. The molecule has 1 aromatic heterocycles. The number of carbonyl (C=O) groups excluding carboxylic acids is 1. The first kappa shape index (κ1) is 11.3. The van der Waals surface area contributed by atoms with Crippen molar-refractivity contribution >= 4 is 5.78 Å². The smallest absolute Gasteiger partial charge is 0.234 e. The van der Waals surface area contributed by atoms with Crippen molar-refractivity contribution in [1.29, 1.82) is 0 Å². The first-order valence-corrected chi connectivity index (χ1v) is 5.75. The zero-order chi connectivity index (χ0) is 11.4. The molecule has 1 fully saturated rings. The van der Waals surface area contributed by atoms with Gasteiger partial charge in [-0.05, 0) is 19.3 Å². The van der Waals surface area contributed by atoms with Crippen LogP contribution in [-0.4, -0.2) is 22.5 Å². The second kappa shape index (κ2) is 5.21. The Labute approximate surface area is 94.2 Å². The van der Waals surface area contributed by atoms with E-state index in [2.05, 4.69) is 10.1 Å². The lowest BCUT2D eigenvalue weighted by Crippen LogP contribution is -2.03. The van der Waals surface area contributed by atoms with Gasteiger partial charge < -0.3 is 9.26 Å². The van der Waals surface area contributed by atoms with Gasteiger partial charge in [0.25, 0.3) is 0 Å². The molecule has 0 aromatic carbocycles. The zero-order valence-corrected chi connectivity index (χ0v) is 9.44. The van der Waals surface area contributed by atoms with E-state index in [0.717, 1.165) is 25.9 Å². The third-order valence-electron chi connectivity index (χ3n) is 2.58. The summed E-state index contributed by atoms with van der Waals surface area (Å²) < 4.78 is 10.5. The summed E-state index contributed by atoms with van der Waals surface area (Å²) in [6.07, 6.45) is 3.58. The molecule has 88 valence electrons. The van der Waals surface area contributed by atoms with Crippen molar-refractivity contribution in [3.05, 3.63) is 11.7 Å². The van der Waals surface area contributed by atoms with E-state index >= 15 is 0 Å². The molecule has 0 radical (unpaired) electrons. The van der Waals surface area contributed by atoms with Gasteiger partial charge in [-0.25, -0.2) is 0 Å². The Morgan fingerprint density at radius 1 is 1.56 bits per heavy atom. The summed E-state index contributed by atoms with van der Waals surface area (Å²) in [5, 5.41) is 3.85. The molecule has 16 heavy (non-hydrogen) atoms. The molecule has 1 aromatic rings. The minimum Gasteiger partial charge on any atom is -0.370 e. The van der Waals surface area contributed by atoms with E-state index in [1.165, 1.54) is 0 Å². The number of nitrogens with zero attached hydrogens (tertiary/aromatic N) is 2. The maximum atomic E-state index is 11.4. The largest absolute Gasteiger partial charge is 0.370 e. The molecular formula is C11H16N2O3. The Morgan fingerprint density at radius 3 is 3.12 bits per heavy atom. The van der Waals surface area contributed by atoms with Crippen molar-refractivity contribution in [2.75, 3.05) is 6.61 Å². The van der Waals surface area contributed by atoms with E-state index in [1.807, 2.05) is 6.92 Å². The van der Waals surface area contributed by atoms with E-state index in [1.54, 1.807) is 0 Å². The van der Waals surface area contributed by atoms with Gasteiger partial charge in [0, 0.05) is 13.0 Å². The van der Waals surface area contributed by atoms with Crippen LogP contribution in [0, 0.1) is 0 Å². The van der Waals surface area contributed by atoms with Crippen molar-refractivity contribution in [2.45, 2.75) is 45.1 Å². The van der Waals surface area contributed by atoms with Crippen molar-refractivity contribution < 1.29 is 14.1 Å². The number of rotatable bonds is 5. The van der Waals surface area contributed by atoms with Gasteiger partial charge >= 0.3 is 0 Å². The fraction of sp³-hybridized carbons (Fsp3) is 0.727. The first-order chi connectivity index (χ1) is 7.79. The quantitative estimate of drug-likeness (QED) is 0.763. The third kappa shape index (κ3) is 2.66. The van der Waals surface area contributed by atoms with Crippen molar-refractivity contribution in [3.8, 4) is 0 Å². The molecule has 0 spiro atoms. The van der Waals surface area contributed by atoms with Crippen molar-refractivity contribution in [1.82, 2.24) is 10.1 Å². The summed E-state index contributed by atoms with van der Waals surface area (Å²) in [5.41, 5.74) is 0. The summed E-state index contributed by atoms with van der Waals surface area (Å²) in [6, 6.07) is 0. The Bertz CT molecular complexity index is 356. The number of hydrogen-bond donors (Lipinski definition) is 0. The number of ketones is 1. The summed E-state index contributed by atoms with van der Waals surface area (Å²) in [6.45, 7) is 2.73. The zero-order valence-electron chi connectivity index (χ0n) is 9.44. The fourth-order valence-corrected chi connectivity index (χ4v) is 1.79. The number of Topliss-reactive ketones (excluding diaryl/α,β-unsaturated/α-hetero) is 1. The number of carbonyl (C=O) groups is 1. The molecule has 1 atom stereocenters. The normalized spacial score (nSPS) is 20.2. The Balaban J connectivity index is 1.93. The molecule has 5 heteroatoms. The van der Waals surface area contributed by atoms with Crippen LogP contribution in [0.25, 0.3) is 0 Å². The van der Waals surface area contributed by atoms with Crippen LogP contribution in [0.3, 0.4) is 0 Å². The monoisotopic (exact) mass is 224 g/mol. The standard InChI is InChI=1S/C11H16N2O3/c1-2-4-8(14)7-10-12-11(13-16-10)9-5-3-6-15-9/h9H,2-7H2,1H3. The minimum atomic E-state index is -0.0428. The molecule has 2 rings (SSSR count). The van der Waals surface area contributed by atoms with Crippen LogP contribution >= 0.6 is 0 Å². The highest BCUT2D eigenvalue weighted by atomic mass is 16.5. The van der Waals surface area contributed by atoms with Crippen LogP contribution in [0.5, 0.6) is 0 Å². The third-order valence-corrected chi connectivity index (χ3v) is 2.58. The van der Waals surface area contributed by atoms with Gasteiger partial charge in [0.1, 0.15) is 11.9 Å². The van der Waals surface area contributed by atoms with Crippen LogP contribution in [0.4, 0.5) is 0 Å². The van der Waals surface area contributed by atoms with Gasteiger partial charge in [-0.3, -0.25) is 4.79 Å². The Morgan fingerprint density at radius 2 is 2.44 bits per heavy atom. The number of ether oxygens (including phenoxy) is 1. The number of aromatic nitrogens is 2. The van der Waals surface area contributed by atoms with Crippen LogP contribution in [0.1, 0.15) is 50.4 Å². The maximum Gasteiger partial charge on any atom is 0.234 e. The second-order valence-electron chi connectivity index (χ2n) is 4.01. The first-order valence-electron chi connectivity index (χ1n) is 5.75. The number of hydrogen-bond acceptors (Lipinski definition) is 5. The highest BCUT2D eigenvalue weighted by Crippen LogP contribution is 2.26. The summed E-state index contributed by atoms with van der Waals surface area (Å²) in [5.74, 6) is 1.13. The maximum absolute atomic E-state index is 11.4. The summed E-state index contributed by atoms with van der Waals surface area (Å²) in [4.78, 5) is 15.6. The molecule has 0 saturated carbocycles. The molecule has 0 aliphatic carbocycles. The van der Waals surface area contributed by atoms with E-state index in [-0.39, 0.29) is 18.3 Å². The highest BCUT2D eigenvalue weighted by molar-refractivity contribution is 5.79. The molecule has 0 bridgehead atoms. The van der Waals surface area contributed by atoms with Gasteiger partial charge in [0.15, 0.2) is 0 Å². The summed E-state index contributed by atoms with van der Waals surface area (Å²) >= 11 is 0. The van der Waals surface area contributed by atoms with E-state index in [9.17, 15) is 4.79 Å². The Kier molecular flexibility index (Phi) is 3.66. The average molecular weight is 224 g/mol. The van der Waals surface area contributed by atoms with Gasteiger partial charge in [-0.15, -0.1) is 0 Å². The van der Waals surface area contributed by atoms with Crippen LogP contribution in [-0.2, 0) is 16.0 Å². The van der Waals surface area contributed by atoms with Gasteiger partial charge in [0.2, 0.25) is 11.7 Å². The molecule has 1 unspecified atom stereocenters. The van der Waals surface area contributed by atoms with Gasteiger partial charge in [0.05, 0.1) is 6.42 Å². The van der Waals surface area contributed by atoms with Crippen LogP contribution < -0.4 is 0 Å². The van der Waals surface area contributed by atoms with E-state index < -0.39 is 0 Å². The highest BCUT2D eigenvalue weighted by Gasteiger charge is 2.23. The topological polar surface area (TPSA) is 65.2 Å². The lowest BCUT2D eigenvalue weighted by atomic mass is 10.2. The Hall–Kier alpha value is -1.23. The molecular weight excluding hydrogens is 208 g/mol. The predicted molar refractivity (Wildman–Crippen MR) is 55.8 cm³/mol. The van der Waals surface area contributed by atoms with Crippen molar-refractivity contribution in [3.63, 3.8) is 0 Å². The van der Waals surface area contributed by atoms with Crippen LogP contribution in [0.15, 0.2) is 4.52 Å².